The van der Waals surface area contributed by atoms with E-state index in [-0.39, 0.29) is 5.69 Å². The van der Waals surface area contributed by atoms with E-state index < -0.39 is 0 Å². The van der Waals surface area contributed by atoms with E-state index in [1.54, 1.807) is 0 Å². The Kier molecular flexibility index (Phi) is 4.69. The molecule has 0 saturated carbocycles. The van der Waals surface area contributed by atoms with Crippen molar-refractivity contribution in [2.24, 2.45) is 0 Å². The Balaban J connectivity index is 1.55. The molecule has 4 rings (SSSR count). The Bertz CT molecular complexity index is 992. The maximum atomic E-state index is 12.3. The smallest absolute Gasteiger partial charge is 0.306 e. The Hall–Kier alpha value is -3.07. The van der Waals surface area contributed by atoms with Gasteiger partial charge in [-0.2, -0.15) is 0 Å². The normalized spacial score (nSPS) is 11.3. The number of benzene rings is 3. The molecule has 0 aliphatic heterocycles. The van der Waals surface area contributed by atoms with Crippen molar-refractivity contribution < 1.29 is 0 Å². The van der Waals surface area contributed by atoms with Crippen molar-refractivity contribution in [3.8, 4) is 0 Å². The second kappa shape index (κ2) is 7.44. The van der Waals surface area contributed by atoms with Gasteiger partial charge in [0.2, 0.25) is 0 Å². The highest BCUT2D eigenvalue weighted by atomic mass is 16.1. The largest absolute Gasteiger partial charge is 0.326 e. The molecule has 3 nitrogen and oxygen atoms in total. The van der Waals surface area contributed by atoms with Gasteiger partial charge >= 0.3 is 5.69 Å². The van der Waals surface area contributed by atoms with Crippen molar-refractivity contribution in [1.82, 2.24) is 9.55 Å². The number of fused-ring (bicyclic) bond motifs is 1. The van der Waals surface area contributed by atoms with Crippen LogP contribution in [0.25, 0.3) is 11.0 Å². The van der Waals surface area contributed by atoms with Crippen LogP contribution in [0.3, 0.4) is 0 Å². The van der Waals surface area contributed by atoms with Crippen LogP contribution >= 0.6 is 0 Å². The molecular weight excluding hydrogens is 320 g/mol. The van der Waals surface area contributed by atoms with Crippen molar-refractivity contribution >= 4 is 11.0 Å². The second-order valence-corrected chi connectivity index (χ2v) is 6.62. The van der Waals surface area contributed by atoms with Crippen molar-refractivity contribution in [1.29, 1.82) is 0 Å². The van der Waals surface area contributed by atoms with E-state index in [1.165, 1.54) is 11.1 Å². The van der Waals surface area contributed by atoms with E-state index in [1.807, 2.05) is 28.8 Å². The first-order valence-corrected chi connectivity index (χ1v) is 9.10. The first-order chi connectivity index (χ1) is 12.8. The van der Waals surface area contributed by atoms with Crippen LogP contribution in [0, 0.1) is 0 Å². The number of nitrogens with one attached hydrogen (secondary N) is 1. The lowest BCUT2D eigenvalue weighted by molar-refractivity contribution is 0.576. The highest BCUT2D eigenvalue weighted by Crippen LogP contribution is 2.29. The highest BCUT2D eigenvalue weighted by molar-refractivity contribution is 5.74. The molecule has 0 amide bonds. The zero-order valence-electron chi connectivity index (χ0n) is 14.6. The Morgan fingerprint density at radius 3 is 2.00 bits per heavy atom. The predicted octanol–water partition coefficient (Wildman–Crippen LogP) is 4.94. The first kappa shape index (κ1) is 16.4. The fourth-order valence-corrected chi connectivity index (χ4v) is 3.68. The summed E-state index contributed by atoms with van der Waals surface area (Å²) in [5, 5.41) is 0. The van der Waals surface area contributed by atoms with Crippen LogP contribution in [-0.2, 0) is 6.54 Å². The first-order valence-electron chi connectivity index (χ1n) is 9.10. The van der Waals surface area contributed by atoms with Gasteiger partial charge in [-0.25, -0.2) is 4.79 Å². The van der Waals surface area contributed by atoms with Crippen LogP contribution in [0.5, 0.6) is 0 Å². The summed E-state index contributed by atoms with van der Waals surface area (Å²) in [6.45, 7) is 0.721. The number of imidazole rings is 1. The Morgan fingerprint density at radius 1 is 0.769 bits per heavy atom. The minimum Gasteiger partial charge on any atom is -0.306 e. The van der Waals surface area contributed by atoms with Crippen molar-refractivity contribution in [3.63, 3.8) is 0 Å². The molecule has 3 aromatic carbocycles. The van der Waals surface area contributed by atoms with Gasteiger partial charge in [0, 0.05) is 12.5 Å². The van der Waals surface area contributed by atoms with Crippen LogP contribution in [0.4, 0.5) is 0 Å². The van der Waals surface area contributed by atoms with E-state index >= 15 is 0 Å². The molecule has 1 aromatic heterocycles. The van der Waals surface area contributed by atoms with Crippen LogP contribution in [0.1, 0.15) is 29.9 Å². The molecule has 0 radical (unpaired) electrons. The number of aromatic amines is 1. The van der Waals surface area contributed by atoms with E-state index in [4.69, 9.17) is 0 Å². The molecule has 0 bridgehead atoms. The lowest BCUT2D eigenvalue weighted by Gasteiger charge is -2.18. The maximum absolute atomic E-state index is 12.3. The second-order valence-electron chi connectivity index (χ2n) is 6.62. The maximum Gasteiger partial charge on any atom is 0.326 e. The molecule has 0 atom stereocenters. The molecule has 4 aromatic rings. The Labute approximate surface area is 152 Å². The van der Waals surface area contributed by atoms with Gasteiger partial charge in [0.05, 0.1) is 11.0 Å². The van der Waals surface area contributed by atoms with E-state index in [2.05, 4.69) is 65.6 Å². The molecule has 0 spiro atoms. The molecule has 0 aliphatic rings. The lowest BCUT2D eigenvalue weighted by atomic mass is 9.87. The number of hydrogen-bond donors (Lipinski definition) is 1. The summed E-state index contributed by atoms with van der Waals surface area (Å²) in [6.07, 6.45) is 1.94. The molecule has 26 heavy (non-hydrogen) atoms. The predicted molar refractivity (Wildman–Crippen MR) is 107 cm³/mol. The highest BCUT2D eigenvalue weighted by Gasteiger charge is 2.14. The third kappa shape index (κ3) is 3.33. The minimum atomic E-state index is -0.0258. The number of rotatable bonds is 6. The molecule has 130 valence electrons. The van der Waals surface area contributed by atoms with Gasteiger partial charge in [-0.05, 0) is 36.1 Å². The summed E-state index contributed by atoms with van der Waals surface area (Å²) in [4.78, 5) is 15.2. The summed E-state index contributed by atoms with van der Waals surface area (Å²) in [7, 11) is 0. The summed E-state index contributed by atoms with van der Waals surface area (Å²) in [5.74, 6) is 0.346. The average molecular weight is 342 g/mol. The third-order valence-corrected chi connectivity index (χ3v) is 4.96. The fraction of sp³-hybridized carbons (Fsp3) is 0.174. The van der Waals surface area contributed by atoms with E-state index in [0.29, 0.717) is 5.92 Å². The summed E-state index contributed by atoms with van der Waals surface area (Å²) in [5.41, 5.74) is 4.51. The number of nitrogens with zero attached hydrogens (tertiary/aromatic N) is 1. The van der Waals surface area contributed by atoms with Gasteiger partial charge in [-0.1, -0.05) is 72.8 Å². The molecular formula is C23H22N2O. The van der Waals surface area contributed by atoms with Crippen molar-refractivity contribution in [2.75, 3.05) is 0 Å². The van der Waals surface area contributed by atoms with Crippen LogP contribution in [0.2, 0.25) is 0 Å². The number of hydrogen-bond acceptors (Lipinski definition) is 1. The van der Waals surface area contributed by atoms with E-state index in [9.17, 15) is 4.79 Å². The minimum absolute atomic E-state index is 0.0258. The molecule has 0 fully saturated rings. The van der Waals surface area contributed by atoms with Crippen LogP contribution in [-0.4, -0.2) is 9.55 Å². The van der Waals surface area contributed by atoms with Gasteiger partial charge in [0.15, 0.2) is 0 Å². The monoisotopic (exact) mass is 342 g/mol. The van der Waals surface area contributed by atoms with Gasteiger partial charge in [0.1, 0.15) is 0 Å². The standard InChI is InChI=1S/C23H22N2O/c26-23-24-21-15-7-8-16-22(21)25(23)17-9-14-20(18-10-3-1-4-11-18)19-12-5-2-6-13-19/h1-8,10-13,15-16,20H,9,14,17H2,(H,24,26). The number of aryl methyl sites for hydroxylation is 1. The SMILES string of the molecule is O=c1[nH]c2ccccc2n1CCCC(c1ccccc1)c1ccccc1. The Morgan fingerprint density at radius 2 is 1.35 bits per heavy atom. The molecule has 1 N–H and O–H groups in total. The summed E-state index contributed by atoms with van der Waals surface area (Å²) >= 11 is 0. The number of aromatic nitrogens is 2. The molecule has 0 saturated heterocycles. The van der Waals surface area contributed by atoms with Crippen molar-refractivity contribution in [3.05, 3.63) is 107 Å². The summed E-state index contributed by atoms with van der Waals surface area (Å²) < 4.78 is 1.85. The topological polar surface area (TPSA) is 37.8 Å². The number of H-pyrrole nitrogens is 1. The fourth-order valence-electron chi connectivity index (χ4n) is 3.68. The lowest BCUT2D eigenvalue weighted by Crippen LogP contribution is -2.17. The molecule has 3 heteroatoms. The zero-order valence-corrected chi connectivity index (χ0v) is 14.6. The zero-order chi connectivity index (χ0) is 17.8. The molecule has 0 aliphatic carbocycles. The average Bonchev–Trinajstić information content (AvgIpc) is 3.02. The van der Waals surface area contributed by atoms with Gasteiger partial charge in [-0.15, -0.1) is 0 Å². The quantitative estimate of drug-likeness (QED) is 0.529. The van der Waals surface area contributed by atoms with Crippen LogP contribution in [0.15, 0.2) is 89.7 Å². The van der Waals surface area contributed by atoms with Gasteiger partial charge in [0.25, 0.3) is 0 Å². The molecule has 0 unspecified atom stereocenters. The van der Waals surface area contributed by atoms with Gasteiger partial charge in [-0.3, -0.25) is 4.57 Å². The molecule has 1 heterocycles. The number of para-hydroxylation sites is 2. The van der Waals surface area contributed by atoms with E-state index in [0.717, 1.165) is 30.4 Å². The third-order valence-electron chi connectivity index (χ3n) is 4.96. The van der Waals surface area contributed by atoms with Crippen molar-refractivity contribution in [2.45, 2.75) is 25.3 Å². The van der Waals surface area contributed by atoms with Crippen LogP contribution < -0.4 is 5.69 Å². The van der Waals surface area contributed by atoms with Gasteiger partial charge < -0.3 is 4.98 Å². The summed E-state index contributed by atoms with van der Waals surface area (Å²) in [6, 6.07) is 29.1.